The maximum Gasteiger partial charge on any atom is 0.235 e. The number of carbonyl (C=O) groups is 1. The Morgan fingerprint density at radius 2 is 1.83 bits per heavy atom. The first-order chi connectivity index (χ1) is 17.1. The van der Waals surface area contributed by atoms with Gasteiger partial charge in [-0.1, -0.05) is 0 Å². The third kappa shape index (κ3) is 3.84. The van der Waals surface area contributed by atoms with Crippen molar-refractivity contribution in [3.05, 3.63) is 58.7 Å². The van der Waals surface area contributed by atoms with Gasteiger partial charge in [0.15, 0.2) is 9.84 Å². The molecule has 1 spiro atoms. The zero-order valence-electron chi connectivity index (χ0n) is 19.6. The number of amides is 1. The molecule has 2 saturated heterocycles. The number of carbonyl (C=O) groups excluding carboxylic acids is 1. The fourth-order valence-electron chi connectivity index (χ4n) is 5.33. The highest BCUT2D eigenvalue weighted by molar-refractivity contribution is 7.91. The number of fused-ring (bicyclic) bond motifs is 2. The number of hydrogen-bond acceptors (Lipinski definition) is 7. The highest BCUT2D eigenvalue weighted by atomic mass is 32.2. The summed E-state index contributed by atoms with van der Waals surface area (Å²) in [6.07, 6.45) is 2.10. The zero-order valence-corrected chi connectivity index (χ0v) is 20.5. The molecule has 0 saturated carbocycles. The smallest absolute Gasteiger partial charge is 0.235 e. The number of nitrogens with zero attached hydrogens (tertiary/aromatic N) is 2. The maximum atomic E-state index is 14.8. The van der Waals surface area contributed by atoms with E-state index in [2.05, 4.69) is 16.3 Å². The van der Waals surface area contributed by atoms with Gasteiger partial charge in [-0.15, -0.1) is 0 Å². The number of ether oxygens (including phenoxy) is 2. The molecular formula is C25H25F2N3O5S. The summed E-state index contributed by atoms with van der Waals surface area (Å²) in [5.41, 5.74) is 0.937. The van der Waals surface area contributed by atoms with Crippen molar-refractivity contribution in [2.45, 2.75) is 23.0 Å². The van der Waals surface area contributed by atoms with Crippen molar-refractivity contribution >= 4 is 21.4 Å². The summed E-state index contributed by atoms with van der Waals surface area (Å²) in [5.74, 6) is -2.06. The van der Waals surface area contributed by atoms with Gasteiger partial charge in [0.2, 0.25) is 5.91 Å². The average molecular weight is 518 g/mol. The largest absolute Gasteiger partial charge is 0.492 e. The molecule has 0 radical (unpaired) electrons. The van der Waals surface area contributed by atoms with E-state index in [4.69, 9.17) is 9.47 Å². The van der Waals surface area contributed by atoms with Gasteiger partial charge in [-0.2, -0.15) is 5.26 Å². The van der Waals surface area contributed by atoms with E-state index >= 15 is 0 Å². The van der Waals surface area contributed by atoms with E-state index in [0.29, 0.717) is 38.0 Å². The molecule has 8 nitrogen and oxygen atoms in total. The van der Waals surface area contributed by atoms with Crippen LogP contribution in [0.4, 0.5) is 14.5 Å². The fourth-order valence-corrected chi connectivity index (χ4v) is 6.49. The third-order valence-corrected chi connectivity index (χ3v) is 9.44. The lowest BCUT2D eigenvalue weighted by Crippen LogP contribution is -2.53. The number of halogens is 2. The highest BCUT2D eigenvalue weighted by Gasteiger charge is 2.53. The van der Waals surface area contributed by atoms with Crippen LogP contribution in [0.2, 0.25) is 0 Å². The Bertz CT molecular complexity index is 1350. The minimum absolute atomic E-state index is 0.0285. The number of benzene rings is 2. The van der Waals surface area contributed by atoms with Crippen LogP contribution < -0.4 is 10.1 Å². The Morgan fingerprint density at radius 1 is 1.17 bits per heavy atom. The van der Waals surface area contributed by atoms with Gasteiger partial charge in [0.25, 0.3) is 0 Å². The summed E-state index contributed by atoms with van der Waals surface area (Å²) in [6, 6.07) is 9.35. The molecule has 0 bridgehead atoms. The van der Waals surface area contributed by atoms with E-state index in [1.54, 1.807) is 18.2 Å². The molecule has 11 heteroatoms. The standard InChI is InChI=1S/C25H25F2N3O5S/c1-36(32,33)25(14-34-15-25)22-19(26)11-17(12-20(22)27)35-9-8-30-6-4-24(5-7-30)18-10-16(13-28)2-3-21(18)29-23(24)31/h2-3,10-12H,4-9,14-15H2,1H3,(H,29,31). The molecule has 190 valence electrons. The molecule has 2 aromatic rings. The predicted octanol–water partition coefficient (Wildman–Crippen LogP) is 2.47. The van der Waals surface area contributed by atoms with Crippen LogP contribution in [0.15, 0.2) is 30.3 Å². The van der Waals surface area contributed by atoms with E-state index in [0.717, 1.165) is 29.6 Å². The van der Waals surface area contributed by atoms with Gasteiger partial charge < -0.3 is 14.8 Å². The van der Waals surface area contributed by atoms with E-state index in [9.17, 15) is 27.3 Å². The summed E-state index contributed by atoms with van der Waals surface area (Å²) in [6.45, 7) is 1.28. The minimum atomic E-state index is -3.80. The number of hydrogen-bond donors (Lipinski definition) is 1. The number of sulfone groups is 1. The Kier molecular flexibility index (Phi) is 6.01. The van der Waals surface area contributed by atoms with Crippen LogP contribution in [0.1, 0.15) is 29.5 Å². The number of nitriles is 1. The zero-order chi connectivity index (χ0) is 25.7. The van der Waals surface area contributed by atoms with E-state index in [-0.39, 0.29) is 31.5 Å². The molecule has 3 aliphatic heterocycles. The molecule has 1 amide bonds. The average Bonchev–Trinajstić information content (AvgIpc) is 3.05. The van der Waals surface area contributed by atoms with Gasteiger partial charge in [-0.3, -0.25) is 9.69 Å². The molecule has 0 aliphatic carbocycles. The van der Waals surface area contributed by atoms with Crippen molar-refractivity contribution in [1.29, 1.82) is 5.26 Å². The lowest BCUT2D eigenvalue weighted by Gasteiger charge is -2.40. The first kappa shape index (κ1) is 24.6. The van der Waals surface area contributed by atoms with E-state index in [1.807, 2.05) is 0 Å². The van der Waals surface area contributed by atoms with Crippen LogP contribution in [0, 0.1) is 23.0 Å². The second-order valence-corrected chi connectivity index (χ2v) is 11.9. The number of nitrogens with one attached hydrogen (secondary N) is 1. The van der Waals surface area contributed by atoms with Gasteiger partial charge in [0, 0.05) is 36.2 Å². The summed E-state index contributed by atoms with van der Waals surface area (Å²) in [5, 5.41) is 12.2. The summed E-state index contributed by atoms with van der Waals surface area (Å²) in [7, 11) is -3.80. The number of likely N-dealkylation sites (tertiary alicyclic amines) is 1. The Hall–Kier alpha value is -3.07. The Balaban J connectivity index is 1.21. The van der Waals surface area contributed by atoms with Crippen molar-refractivity contribution in [2.75, 3.05) is 51.0 Å². The first-order valence-electron chi connectivity index (χ1n) is 11.6. The molecule has 1 N–H and O–H groups in total. The molecular weight excluding hydrogens is 492 g/mol. The normalized spacial score (nSPS) is 20.3. The van der Waals surface area contributed by atoms with Gasteiger partial charge in [0.1, 0.15) is 28.7 Å². The van der Waals surface area contributed by atoms with Gasteiger partial charge in [-0.05, 0) is 49.7 Å². The van der Waals surface area contributed by atoms with Crippen molar-refractivity contribution < 1.29 is 31.5 Å². The van der Waals surface area contributed by atoms with Crippen LogP contribution in [-0.4, -0.2) is 64.9 Å². The van der Waals surface area contributed by atoms with Crippen LogP contribution >= 0.6 is 0 Å². The number of rotatable bonds is 6. The van der Waals surface area contributed by atoms with Gasteiger partial charge in [-0.25, -0.2) is 17.2 Å². The Labute approximate surface area is 207 Å². The number of anilines is 1. The van der Waals surface area contributed by atoms with E-state index in [1.165, 1.54) is 0 Å². The quantitative estimate of drug-likeness (QED) is 0.627. The van der Waals surface area contributed by atoms with Crippen molar-refractivity contribution in [1.82, 2.24) is 4.90 Å². The van der Waals surface area contributed by atoms with Crippen LogP contribution in [0.3, 0.4) is 0 Å². The third-order valence-electron chi connectivity index (χ3n) is 7.58. The van der Waals surface area contributed by atoms with Crippen molar-refractivity contribution in [3.63, 3.8) is 0 Å². The molecule has 0 aromatic heterocycles. The molecule has 2 aromatic carbocycles. The molecule has 0 unspecified atom stereocenters. The summed E-state index contributed by atoms with van der Waals surface area (Å²) >= 11 is 0. The fraction of sp³-hybridized carbons (Fsp3) is 0.440. The Morgan fingerprint density at radius 3 is 2.39 bits per heavy atom. The first-order valence-corrected chi connectivity index (χ1v) is 13.5. The predicted molar refractivity (Wildman–Crippen MR) is 126 cm³/mol. The summed E-state index contributed by atoms with van der Waals surface area (Å²) < 4.78 is 62.9. The van der Waals surface area contributed by atoms with Gasteiger partial charge >= 0.3 is 0 Å². The monoisotopic (exact) mass is 517 g/mol. The molecule has 3 heterocycles. The van der Waals surface area contributed by atoms with Gasteiger partial charge in [0.05, 0.1) is 30.3 Å². The molecule has 2 fully saturated rings. The van der Waals surface area contributed by atoms with E-state index < -0.39 is 37.2 Å². The van der Waals surface area contributed by atoms with Crippen LogP contribution in [0.25, 0.3) is 0 Å². The minimum Gasteiger partial charge on any atom is -0.492 e. The summed E-state index contributed by atoms with van der Waals surface area (Å²) in [4.78, 5) is 14.9. The second kappa shape index (κ2) is 8.80. The molecule has 3 aliphatic rings. The molecule has 36 heavy (non-hydrogen) atoms. The topological polar surface area (TPSA) is 109 Å². The van der Waals surface area contributed by atoms with Crippen LogP contribution in [-0.2, 0) is 29.5 Å². The molecule has 0 atom stereocenters. The lowest BCUT2D eigenvalue weighted by molar-refractivity contribution is -0.122. The van der Waals surface area contributed by atoms with Crippen molar-refractivity contribution in [3.8, 4) is 11.8 Å². The highest BCUT2D eigenvalue weighted by Crippen LogP contribution is 2.45. The number of piperidine rings is 1. The van der Waals surface area contributed by atoms with Crippen LogP contribution in [0.5, 0.6) is 5.75 Å². The SMILES string of the molecule is CS(=O)(=O)C1(c2c(F)cc(OCCN3CCC4(CC3)C(=O)Nc3ccc(C#N)cc34)cc2F)COC1. The second-order valence-electron chi connectivity index (χ2n) is 9.62. The maximum absolute atomic E-state index is 14.8. The van der Waals surface area contributed by atoms with Crippen molar-refractivity contribution in [2.24, 2.45) is 0 Å². The molecule has 5 rings (SSSR count). The lowest BCUT2D eigenvalue weighted by atomic mass is 9.73.